The van der Waals surface area contributed by atoms with Gasteiger partial charge in [0, 0.05) is 0 Å². The molecule has 0 heterocycles. The predicted octanol–water partition coefficient (Wildman–Crippen LogP) is 6.52. The molecule has 0 aliphatic heterocycles. The molecule has 0 saturated heterocycles. The third-order valence-electron chi connectivity index (χ3n) is 7.17. The zero-order chi connectivity index (χ0) is 16.5. The molecule has 0 fully saturated rings. The first-order chi connectivity index (χ1) is 7.95. The number of hydrogen-bond donors (Lipinski definition) is 1. The van der Waals surface area contributed by atoms with Crippen LogP contribution in [-0.4, -0.2) is 12.2 Å². The first kappa shape index (κ1) is 19.0. The van der Waals surface area contributed by atoms with Gasteiger partial charge in [-0.25, -0.2) is 0 Å². The molecule has 0 atom stereocenters. The maximum atomic E-state index is 8.01. The number of hydrogen-bond acceptors (Lipinski definition) is 1. The van der Waals surface area contributed by atoms with Gasteiger partial charge in [-0.15, -0.1) is 0 Å². The zero-order valence-corrected chi connectivity index (χ0v) is 18.9. The Morgan fingerprint density at radius 3 is 1.55 bits per heavy atom. The first-order valence-electron chi connectivity index (χ1n) is 7.78. The molecule has 1 rings (SSSR count). The van der Waals surface area contributed by atoms with Crippen LogP contribution < -0.4 is 3.80 Å². The molecule has 0 aromatic heterocycles. The van der Waals surface area contributed by atoms with E-state index in [-0.39, 0.29) is 9.76 Å². The van der Waals surface area contributed by atoms with E-state index in [1.165, 1.54) is 0 Å². The van der Waals surface area contributed by atoms with Gasteiger partial charge in [0.2, 0.25) is 0 Å². The number of nitrogens with one attached hydrogen (secondary N) is 1. The molecule has 0 amide bonds. The fraction of sp³-hybridized carbons (Fsp3) is 0.733. The summed E-state index contributed by atoms with van der Waals surface area (Å²) in [6.07, 6.45) is 8.48. The first-order valence-corrected chi connectivity index (χ1v) is 25.6. The number of rotatable bonds is 3. The molecule has 0 aromatic rings. The molecular formula is C15H34Cl2NSiTi. The molecule has 0 unspecified atom stereocenters. The Bertz CT molecular complexity index is 583. The van der Waals surface area contributed by atoms with E-state index in [0.29, 0.717) is 0 Å². The standard InChI is InChI=1S/C5H5.C4H10N.C2H7Si.4CH3.2ClH.Ti/c1-2-4-5-3-1;1-4(2,3)5;1-3-2;;;;;;;/h1-5H;5H,1-3H3;3H,1-2H3;4*1H3;2*1H;/q;-1;;;;;;;;+3/p-2. The Hall–Kier alpha value is 0.951. The molecule has 1 nitrogen and oxygen atoms in total. The van der Waals surface area contributed by atoms with Crippen LogP contribution in [0.5, 0.6) is 0 Å². The van der Waals surface area contributed by atoms with Gasteiger partial charge in [-0.3, -0.25) is 0 Å². The summed E-state index contributed by atoms with van der Waals surface area (Å²) in [6, 6.07) is 0. The van der Waals surface area contributed by atoms with Crippen LogP contribution in [-0.2, 0) is 7.57 Å². The summed E-state index contributed by atoms with van der Waals surface area (Å²) in [4.78, 5) is 0. The van der Waals surface area contributed by atoms with Gasteiger partial charge in [0.25, 0.3) is 0 Å². The van der Waals surface area contributed by atoms with E-state index in [0.717, 1.165) is 0 Å². The minimum atomic E-state index is -5.95. The number of halogens is 2. The fourth-order valence-corrected chi connectivity index (χ4v) is 27.7. The molecular weight excluding hydrogens is 341 g/mol. The SMILES string of the molecule is C[SiH](C)[Ti]([CH3])([CH3])([CH3])([CH3])([Cl])([Cl])([NH]C(C)(C)C)[CH]1C=CC=C1. The van der Waals surface area contributed by atoms with Crippen LogP contribution in [0.3, 0.4) is 0 Å². The second-order valence-corrected chi connectivity index (χ2v) is 88.4. The quantitative estimate of drug-likeness (QED) is 0.554. The maximum absolute atomic E-state index is 8.01. The third-order valence-corrected chi connectivity index (χ3v) is 71.5. The molecule has 5 heteroatoms. The number of allylic oxidation sites excluding steroid dienone is 4. The summed E-state index contributed by atoms with van der Waals surface area (Å²) >= 11 is 0. The van der Waals surface area contributed by atoms with Crippen molar-refractivity contribution >= 4 is 25.3 Å². The molecule has 121 valence electrons. The summed E-state index contributed by atoms with van der Waals surface area (Å²) in [5, 5.41) is 8.71. The van der Waals surface area contributed by atoms with Crippen molar-refractivity contribution in [2.45, 2.75) is 64.5 Å². The van der Waals surface area contributed by atoms with Crippen molar-refractivity contribution in [2.24, 2.45) is 0 Å². The van der Waals surface area contributed by atoms with E-state index in [9.17, 15) is 0 Å². The monoisotopic (exact) mass is 374 g/mol. The van der Waals surface area contributed by atoms with Crippen molar-refractivity contribution in [1.82, 2.24) is 3.80 Å². The molecule has 0 bridgehead atoms. The van der Waals surface area contributed by atoms with Crippen LogP contribution in [0, 0.1) is 0 Å². The molecule has 0 saturated carbocycles. The van der Waals surface area contributed by atoms with Gasteiger partial charge in [-0.2, -0.15) is 0 Å². The van der Waals surface area contributed by atoms with Crippen LogP contribution in [0.25, 0.3) is 0 Å². The van der Waals surface area contributed by atoms with Crippen LogP contribution in [0.4, 0.5) is 0 Å². The third kappa shape index (κ3) is 2.35. The van der Waals surface area contributed by atoms with Gasteiger partial charge in [0.1, 0.15) is 0 Å². The topological polar surface area (TPSA) is 12.0 Å². The van der Waals surface area contributed by atoms with E-state index in [4.69, 9.17) is 18.6 Å². The summed E-state index contributed by atoms with van der Waals surface area (Å²) in [7, 11) is 10.1. The molecule has 0 radical (unpaired) electrons. The van der Waals surface area contributed by atoms with E-state index in [1.54, 1.807) is 0 Å². The minimum absolute atomic E-state index is 0.00998. The van der Waals surface area contributed by atoms with Crippen molar-refractivity contribution in [3.63, 3.8) is 0 Å². The van der Waals surface area contributed by atoms with Gasteiger partial charge in [0.05, 0.1) is 0 Å². The average Bonchev–Trinajstić information content (AvgIpc) is 2.46. The second-order valence-electron chi connectivity index (χ2n) is 13.8. The molecule has 20 heavy (non-hydrogen) atoms. The predicted molar refractivity (Wildman–Crippen MR) is 99.0 cm³/mol. The van der Waals surface area contributed by atoms with Gasteiger partial charge >= 0.3 is 125 Å². The van der Waals surface area contributed by atoms with Gasteiger partial charge in [-0.1, -0.05) is 0 Å². The summed E-state index contributed by atoms with van der Waals surface area (Å²) in [6.45, 7) is 9.35. The van der Waals surface area contributed by atoms with Crippen LogP contribution in [0.15, 0.2) is 24.3 Å². The Kier molecular flexibility index (Phi) is 2.34. The van der Waals surface area contributed by atoms with Crippen molar-refractivity contribution in [3.8, 4) is 0 Å². The van der Waals surface area contributed by atoms with Gasteiger partial charge in [0.15, 0.2) is 0 Å². The van der Waals surface area contributed by atoms with Crippen molar-refractivity contribution in [3.05, 3.63) is 24.3 Å². The van der Waals surface area contributed by atoms with Crippen molar-refractivity contribution in [2.75, 3.05) is 0 Å². The Morgan fingerprint density at radius 2 is 1.30 bits per heavy atom. The summed E-state index contributed by atoms with van der Waals surface area (Å²) in [5.41, 5.74) is -0.193. The van der Waals surface area contributed by atoms with E-state index < -0.39 is 14.2 Å². The zero-order valence-electron chi connectivity index (χ0n) is 14.7. The molecule has 1 N–H and O–H groups in total. The Labute approximate surface area is 125 Å². The Balaban J connectivity index is 4.17. The average molecular weight is 375 g/mol. The van der Waals surface area contributed by atoms with Gasteiger partial charge < -0.3 is 0 Å². The second kappa shape index (κ2) is 2.46. The summed E-state index contributed by atoms with van der Waals surface area (Å²) in [5.74, 6) is 0. The van der Waals surface area contributed by atoms with Crippen molar-refractivity contribution in [1.29, 1.82) is 0 Å². The normalized spacial score (nSPS) is 28.1. The molecule has 1 aliphatic carbocycles. The van der Waals surface area contributed by atoms with E-state index >= 15 is 0 Å². The fourth-order valence-electron chi connectivity index (χ4n) is 4.38. The van der Waals surface area contributed by atoms with E-state index in [2.05, 4.69) is 82.9 Å². The molecule has 1 aliphatic rings. The van der Waals surface area contributed by atoms with Crippen LogP contribution in [0.1, 0.15) is 20.8 Å². The molecule has 0 spiro atoms. The van der Waals surface area contributed by atoms with E-state index in [1.807, 2.05) is 0 Å². The van der Waals surface area contributed by atoms with Crippen molar-refractivity contribution < 1.29 is 7.57 Å². The van der Waals surface area contributed by atoms with Crippen LogP contribution in [0.2, 0.25) is 38.2 Å². The Morgan fingerprint density at radius 1 is 0.950 bits per heavy atom. The summed E-state index contributed by atoms with van der Waals surface area (Å²) < 4.78 is 3.89. The van der Waals surface area contributed by atoms with Crippen LogP contribution >= 0.6 is 18.6 Å². The molecule has 0 aromatic carbocycles. The van der Waals surface area contributed by atoms with Gasteiger partial charge in [-0.05, 0) is 0 Å².